The smallest absolute Gasteiger partial charge is 0.242 e. The highest BCUT2D eigenvalue weighted by molar-refractivity contribution is 5.66. The van der Waals surface area contributed by atoms with Crippen LogP contribution in [0, 0.1) is 0 Å². The summed E-state index contributed by atoms with van der Waals surface area (Å²) in [6, 6.07) is 0.350. The number of nitrogens with one attached hydrogen (secondary N) is 1. The number of hydrogen-bond donors (Lipinski definition) is 2. The molecule has 0 atom stereocenters. The molecule has 0 spiro atoms. The molecule has 0 unspecified atom stereocenters. The Hall–Kier alpha value is -1.56. The fourth-order valence-electron chi connectivity index (χ4n) is 1.85. The van der Waals surface area contributed by atoms with E-state index >= 15 is 0 Å². The van der Waals surface area contributed by atoms with Crippen molar-refractivity contribution in [2.45, 2.75) is 38.8 Å². The van der Waals surface area contributed by atoms with Crippen molar-refractivity contribution in [3.8, 4) is 5.88 Å². The lowest BCUT2D eigenvalue weighted by molar-refractivity contribution is 0.0904. The molecular formula is C12H20N4O2. The van der Waals surface area contributed by atoms with E-state index in [4.69, 9.17) is 15.2 Å². The summed E-state index contributed by atoms with van der Waals surface area (Å²) in [6.07, 6.45) is 3.43. The molecule has 6 heteroatoms. The van der Waals surface area contributed by atoms with Gasteiger partial charge in [-0.2, -0.15) is 4.98 Å². The minimum absolute atomic E-state index is 0.0399. The first kappa shape index (κ1) is 12.9. The van der Waals surface area contributed by atoms with Crippen LogP contribution in [0.2, 0.25) is 0 Å². The van der Waals surface area contributed by atoms with Gasteiger partial charge in [0.1, 0.15) is 12.0 Å². The quantitative estimate of drug-likeness (QED) is 0.843. The molecule has 0 radical (unpaired) electrons. The number of aromatic nitrogens is 2. The number of anilines is 2. The first-order valence-corrected chi connectivity index (χ1v) is 6.28. The zero-order chi connectivity index (χ0) is 13.0. The van der Waals surface area contributed by atoms with E-state index in [1.165, 1.54) is 6.33 Å². The second-order valence-corrected chi connectivity index (χ2v) is 4.64. The summed E-state index contributed by atoms with van der Waals surface area (Å²) in [5.74, 6) is 1.09. The van der Waals surface area contributed by atoms with Crippen LogP contribution in [0.4, 0.5) is 11.5 Å². The van der Waals surface area contributed by atoms with Crippen molar-refractivity contribution < 1.29 is 9.47 Å². The SMILES string of the molecule is CC(C)Oc1ncnc(NC2CCOCC2)c1N. The van der Waals surface area contributed by atoms with Crippen molar-refractivity contribution >= 4 is 11.5 Å². The molecule has 1 saturated heterocycles. The van der Waals surface area contributed by atoms with Gasteiger partial charge in [0.25, 0.3) is 0 Å². The Bertz CT molecular complexity index is 392. The maximum Gasteiger partial charge on any atom is 0.242 e. The first-order valence-electron chi connectivity index (χ1n) is 6.28. The van der Waals surface area contributed by atoms with Crippen LogP contribution in [0.5, 0.6) is 5.88 Å². The zero-order valence-electron chi connectivity index (χ0n) is 10.8. The maximum absolute atomic E-state index is 6.01. The predicted molar refractivity (Wildman–Crippen MR) is 69.7 cm³/mol. The van der Waals surface area contributed by atoms with Crippen LogP contribution in [-0.2, 0) is 4.74 Å². The summed E-state index contributed by atoms with van der Waals surface area (Å²) >= 11 is 0. The van der Waals surface area contributed by atoms with Gasteiger partial charge in [-0.3, -0.25) is 0 Å². The molecule has 1 aliphatic heterocycles. The van der Waals surface area contributed by atoms with Crippen LogP contribution in [0.3, 0.4) is 0 Å². The Kier molecular flexibility index (Phi) is 4.19. The first-order chi connectivity index (χ1) is 8.66. The number of ether oxygens (including phenoxy) is 2. The van der Waals surface area contributed by atoms with Gasteiger partial charge in [0.2, 0.25) is 5.88 Å². The molecule has 1 aromatic heterocycles. The number of hydrogen-bond acceptors (Lipinski definition) is 6. The van der Waals surface area contributed by atoms with Gasteiger partial charge in [-0.25, -0.2) is 4.98 Å². The second-order valence-electron chi connectivity index (χ2n) is 4.64. The van der Waals surface area contributed by atoms with Gasteiger partial charge in [0.15, 0.2) is 5.82 Å². The van der Waals surface area contributed by atoms with Crippen LogP contribution in [-0.4, -0.2) is 35.3 Å². The molecular weight excluding hydrogens is 232 g/mol. The van der Waals surface area contributed by atoms with E-state index < -0.39 is 0 Å². The number of nitrogen functional groups attached to an aromatic ring is 1. The van der Waals surface area contributed by atoms with Gasteiger partial charge in [0, 0.05) is 19.3 Å². The van der Waals surface area contributed by atoms with E-state index in [1.807, 2.05) is 13.8 Å². The molecule has 0 amide bonds. The zero-order valence-corrected chi connectivity index (χ0v) is 10.8. The molecule has 100 valence electrons. The van der Waals surface area contributed by atoms with E-state index in [0.717, 1.165) is 26.1 Å². The highest BCUT2D eigenvalue weighted by Crippen LogP contribution is 2.27. The number of nitrogens with zero attached hydrogens (tertiary/aromatic N) is 2. The Morgan fingerprint density at radius 3 is 2.78 bits per heavy atom. The lowest BCUT2D eigenvalue weighted by Crippen LogP contribution is -2.28. The van der Waals surface area contributed by atoms with Crippen LogP contribution in [0.15, 0.2) is 6.33 Å². The third kappa shape index (κ3) is 3.22. The average molecular weight is 252 g/mol. The fraction of sp³-hybridized carbons (Fsp3) is 0.667. The molecule has 0 saturated carbocycles. The maximum atomic E-state index is 6.01. The molecule has 0 aromatic carbocycles. The Morgan fingerprint density at radius 2 is 2.11 bits per heavy atom. The predicted octanol–water partition coefficient (Wildman–Crippen LogP) is 1.44. The van der Waals surface area contributed by atoms with Crippen molar-refractivity contribution in [3.05, 3.63) is 6.33 Å². The number of nitrogens with two attached hydrogens (primary N) is 1. The van der Waals surface area contributed by atoms with Crippen molar-refractivity contribution in [2.75, 3.05) is 24.3 Å². The molecule has 3 N–H and O–H groups in total. The molecule has 6 nitrogen and oxygen atoms in total. The van der Waals surface area contributed by atoms with Gasteiger partial charge in [0.05, 0.1) is 6.10 Å². The van der Waals surface area contributed by atoms with Gasteiger partial charge >= 0.3 is 0 Å². The molecule has 1 aromatic rings. The fourth-order valence-corrected chi connectivity index (χ4v) is 1.85. The van der Waals surface area contributed by atoms with Crippen molar-refractivity contribution in [1.82, 2.24) is 9.97 Å². The van der Waals surface area contributed by atoms with Crippen molar-refractivity contribution in [1.29, 1.82) is 0 Å². The normalized spacial score (nSPS) is 16.8. The molecule has 2 rings (SSSR count). The summed E-state index contributed by atoms with van der Waals surface area (Å²) in [5, 5.41) is 3.33. The van der Waals surface area contributed by atoms with Crippen molar-refractivity contribution in [2.24, 2.45) is 0 Å². The van der Waals surface area contributed by atoms with Crippen LogP contribution >= 0.6 is 0 Å². The summed E-state index contributed by atoms with van der Waals surface area (Å²) < 4.78 is 10.8. The van der Waals surface area contributed by atoms with Gasteiger partial charge in [-0.1, -0.05) is 0 Å². The molecule has 0 bridgehead atoms. The van der Waals surface area contributed by atoms with Crippen LogP contribution in [0.1, 0.15) is 26.7 Å². The van der Waals surface area contributed by atoms with Crippen LogP contribution < -0.4 is 15.8 Å². The average Bonchev–Trinajstić information content (AvgIpc) is 2.35. The minimum Gasteiger partial charge on any atom is -0.473 e. The molecule has 1 aliphatic rings. The summed E-state index contributed by atoms with van der Waals surface area (Å²) in [6.45, 7) is 5.43. The van der Waals surface area contributed by atoms with E-state index in [9.17, 15) is 0 Å². The van der Waals surface area contributed by atoms with Gasteiger partial charge in [-0.05, 0) is 26.7 Å². The third-order valence-electron chi connectivity index (χ3n) is 2.76. The lowest BCUT2D eigenvalue weighted by Gasteiger charge is -2.24. The molecule has 0 aliphatic carbocycles. The van der Waals surface area contributed by atoms with Crippen LogP contribution in [0.25, 0.3) is 0 Å². The van der Waals surface area contributed by atoms with E-state index in [2.05, 4.69) is 15.3 Å². The van der Waals surface area contributed by atoms with Crippen molar-refractivity contribution in [3.63, 3.8) is 0 Å². The van der Waals surface area contributed by atoms with Gasteiger partial charge in [-0.15, -0.1) is 0 Å². The monoisotopic (exact) mass is 252 g/mol. The summed E-state index contributed by atoms with van der Waals surface area (Å²) in [4.78, 5) is 8.22. The standard InChI is InChI=1S/C12H20N4O2/c1-8(2)18-12-10(13)11(14-7-15-12)16-9-3-5-17-6-4-9/h7-9H,3-6,13H2,1-2H3,(H,14,15,16). The van der Waals surface area contributed by atoms with E-state index in [1.54, 1.807) is 0 Å². The highest BCUT2D eigenvalue weighted by Gasteiger charge is 2.17. The van der Waals surface area contributed by atoms with Gasteiger partial charge < -0.3 is 20.5 Å². The second kappa shape index (κ2) is 5.86. The lowest BCUT2D eigenvalue weighted by atomic mass is 10.1. The summed E-state index contributed by atoms with van der Waals surface area (Å²) in [7, 11) is 0. The Balaban J connectivity index is 2.07. The summed E-state index contributed by atoms with van der Waals surface area (Å²) in [5.41, 5.74) is 6.48. The highest BCUT2D eigenvalue weighted by atomic mass is 16.5. The number of rotatable bonds is 4. The van der Waals surface area contributed by atoms with E-state index in [-0.39, 0.29) is 6.10 Å². The van der Waals surface area contributed by atoms with E-state index in [0.29, 0.717) is 23.4 Å². The molecule has 18 heavy (non-hydrogen) atoms. The Labute approximate surface area is 107 Å². The topological polar surface area (TPSA) is 82.3 Å². The molecule has 1 fully saturated rings. The molecule has 2 heterocycles. The third-order valence-corrected chi connectivity index (χ3v) is 2.76. The minimum atomic E-state index is 0.0399. The Morgan fingerprint density at radius 1 is 1.39 bits per heavy atom. The largest absolute Gasteiger partial charge is 0.473 e.